The molecule has 3 saturated carbocycles. The van der Waals surface area contributed by atoms with Crippen molar-refractivity contribution in [2.45, 2.75) is 65.2 Å². The molecule has 3 fully saturated rings. The molecule has 0 heterocycles. The molecular formula is C19H26O2. The van der Waals surface area contributed by atoms with E-state index in [2.05, 4.69) is 19.9 Å². The zero-order valence-corrected chi connectivity index (χ0v) is 13.3. The number of ketones is 2. The zero-order valence-electron chi connectivity index (χ0n) is 13.3. The Labute approximate surface area is 127 Å². The molecule has 4 aliphatic carbocycles. The van der Waals surface area contributed by atoms with E-state index in [4.69, 9.17) is 0 Å². The maximum absolute atomic E-state index is 12.7. The van der Waals surface area contributed by atoms with E-state index in [-0.39, 0.29) is 10.8 Å². The first-order chi connectivity index (χ1) is 9.97. The Hall–Kier alpha value is -0.920. The van der Waals surface area contributed by atoms with Crippen LogP contribution in [0.5, 0.6) is 0 Å². The summed E-state index contributed by atoms with van der Waals surface area (Å²) >= 11 is 0. The normalized spacial score (nSPS) is 49.2. The first-order valence-electron chi connectivity index (χ1n) is 8.74. The molecule has 0 aliphatic heterocycles. The minimum atomic E-state index is -0.117. The first kappa shape index (κ1) is 13.7. The minimum Gasteiger partial charge on any atom is -0.299 e. The summed E-state index contributed by atoms with van der Waals surface area (Å²) in [5, 5.41) is 0. The van der Waals surface area contributed by atoms with Crippen LogP contribution in [0.4, 0.5) is 0 Å². The largest absolute Gasteiger partial charge is 0.299 e. The maximum Gasteiger partial charge on any atom is 0.159 e. The quantitative estimate of drug-likeness (QED) is 0.672. The monoisotopic (exact) mass is 286 g/mol. The van der Waals surface area contributed by atoms with Crippen molar-refractivity contribution in [1.82, 2.24) is 0 Å². The summed E-state index contributed by atoms with van der Waals surface area (Å²) in [6, 6.07) is 0. The second-order valence-electron chi connectivity index (χ2n) is 8.35. The third-order valence-corrected chi connectivity index (χ3v) is 7.55. The molecule has 2 nitrogen and oxygen atoms in total. The molecule has 0 aromatic rings. The predicted octanol–water partition coefficient (Wildman–Crippen LogP) is 4.09. The van der Waals surface area contributed by atoms with Gasteiger partial charge in [0.25, 0.3) is 0 Å². The number of Topliss-reactive ketones (excluding diaryl/α,β-unsaturated/α-hetero) is 2. The fourth-order valence-corrected chi connectivity index (χ4v) is 6.36. The number of allylic oxidation sites excluding steroid dienone is 2. The number of carbonyl (C=O) groups excluding carboxylic acids is 2. The number of hydrogen-bond donors (Lipinski definition) is 0. The standard InChI is InChI=1S/C19H26O2/c1-18-9-4-3-5-15(18)16(20)11-12-13-6-7-17(21)19(13,2)10-8-14(12)18/h5,12-14H,3-4,6-11H2,1-2H3/t12-,13-,14-,18+,19-/m0/s1. The van der Waals surface area contributed by atoms with Crippen LogP contribution in [-0.4, -0.2) is 11.6 Å². The van der Waals surface area contributed by atoms with Gasteiger partial charge in [-0.2, -0.15) is 0 Å². The van der Waals surface area contributed by atoms with Gasteiger partial charge in [0.15, 0.2) is 5.78 Å². The van der Waals surface area contributed by atoms with Crippen LogP contribution in [0.2, 0.25) is 0 Å². The van der Waals surface area contributed by atoms with Crippen molar-refractivity contribution in [3.05, 3.63) is 11.6 Å². The maximum atomic E-state index is 12.7. The summed E-state index contributed by atoms with van der Waals surface area (Å²) in [4.78, 5) is 25.1. The molecule has 0 aromatic carbocycles. The molecule has 4 rings (SSSR count). The molecule has 2 heteroatoms. The van der Waals surface area contributed by atoms with Crippen molar-refractivity contribution in [2.75, 3.05) is 0 Å². The van der Waals surface area contributed by atoms with Crippen molar-refractivity contribution in [2.24, 2.45) is 28.6 Å². The van der Waals surface area contributed by atoms with Crippen molar-refractivity contribution in [1.29, 1.82) is 0 Å². The molecule has 0 radical (unpaired) electrons. The highest BCUT2D eigenvalue weighted by Gasteiger charge is 2.60. The highest BCUT2D eigenvalue weighted by atomic mass is 16.1. The highest BCUT2D eigenvalue weighted by molar-refractivity contribution is 5.98. The lowest BCUT2D eigenvalue weighted by molar-refractivity contribution is -0.137. The molecule has 0 aromatic heterocycles. The number of rotatable bonds is 0. The lowest BCUT2D eigenvalue weighted by Crippen LogP contribution is -2.52. The lowest BCUT2D eigenvalue weighted by atomic mass is 9.47. The molecule has 0 saturated heterocycles. The van der Waals surface area contributed by atoms with E-state index in [0.717, 1.165) is 37.7 Å². The topological polar surface area (TPSA) is 34.1 Å². The number of hydrogen-bond acceptors (Lipinski definition) is 2. The second-order valence-corrected chi connectivity index (χ2v) is 8.35. The molecule has 5 atom stereocenters. The molecule has 0 unspecified atom stereocenters. The predicted molar refractivity (Wildman–Crippen MR) is 81.7 cm³/mol. The fraction of sp³-hybridized carbons (Fsp3) is 0.789. The zero-order chi connectivity index (χ0) is 14.8. The molecule has 0 amide bonds. The molecule has 0 N–H and O–H groups in total. The molecule has 4 aliphatic rings. The number of fused-ring (bicyclic) bond motifs is 5. The number of carbonyl (C=O) groups is 2. The van der Waals surface area contributed by atoms with Gasteiger partial charge in [-0.3, -0.25) is 9.59 Å². The lowest BCUT2D eigenvalue weighted by Gasteiger charge is -2.56. The van der Waals surface area contributed by atoms with Gasteiger partial charge in [-0.05, 0) is 67.3 Å². The van der Waals surface area contributed by atoms with Gasteiger partial charge in [0, 0.05) is 18.3 Å². The Bertz CT molecular complexity index is 546. The SMILES string of the molecule is C[C@]12CCCC=C1C(=O)C[C@@H]1[C@@H]2CC[C@]2(C)C(=O)CC[C@@H]12. The van der Waals surface area contributed by atoms with Crippen molar-refractivity contribution in [3.63, 3.8) is 0 Å². The van der Waals surface area contributed by atoms with E-state index in [1.54, 1.807) is 0 Å². The molecule has 0 spiro atoms. The van der Waals surface area contributed by atoms with Crippen LogP contribution in [0.25, 0.3) is 0 Å². The molecular weight excluding hydrogens is 260 g/mol. The Morgan fingerprint density at radius 3 is 2.62 bits per heavy atom. The van der Waals surface area contributed by atoms with Gasteiger partial charge in [-0.25, -0.2) is 0 Å². The third-order valence-electron chi connectivity index (χ3n) is 7.55. The summed E-state index contributed by atoms with van der Waals surface area (Å²) in [7, 11) is 0. The van der Waals surface area contributed by atoms with Crippen LogP contribution in [0, 0.1) is 28.6 Å². The van der Waals surface area contributed by atoms with Crippen molar-refractivity contribution >= 4 is 11.6 Å². The van der Waals surface area contributed by atoms with E-state index in [0.29, 0.717) is 35.7 Å². The van der Waals surface area contributed by atoms with E-state index in [1.807, 2.05) is 0 Å². The Balaban J connectivity index is 1.75. The van der Waals surface area contributed by atoms with Crippen LogP contribution in [0.3, 0.4) is 0 Å². The Morgan fingerprint density at radius 2 is 1.81 bits per heavy atom. The van der Waals surface area contributed by atoms with Gasteiger partial charge in [0.2, 0.25) is 0 Å². The minimum absolute atomic E-state index is 0.102. The van der Waals surface area contributed by atoms with Gasteiger partial charge in [0.05, 0.1) is 0 Å². The van der Waals surface area contributed by atoms with Crippen LogP contribution < -0.4 is 0 Å². The average Bonchev–Trinajstić information content (AvgIpc) is 2.75. The van der Waals surface area contributed by atoms with E-state index >= 15 is 0 Å². The van der Waals surface area contributed by atoms with Gasteiger partial charge in [-0.15, -0.1) is 0 Å². The highest BCUT2D eigenvalue weighted by Crippen LogP contribution is 2.63. The van der Waals surface area contributed by atoms with Gasteiger partial charge >= 0.3 is 0 Å². The van der Waals surface area contributed by atoms with E-state index in [9.17, 15) is 9.59 Å². The van der Waals surface area contributed by atoms with Gasteiger partial charge in [-0.1, -0.05) is 19.9 Å². The Kier molecular flexibility index (Phi) is 2.81. The van der Waals surface area contributed by atoms with Crippen LogP contribution in [0.1, 0.15) is 65.2 Å². The van der Waals surface area contributed by atoms with E-state index < -0.39 is 0 Å². The Morgan fingerprint density at radius 1 is 1.05 bits per heavy atom. The molecule has 21 heavy (non-hydrogen) atoms. The summed E-state index contributed by atoms with van der Waals surface area (Å²) in [5.41, 5.74) is 1.13. The summed E-state index contributed by atoms with van der Waals surface area (Å²) in [5.74, 6) is 2.41. The third kappa shape index (κ3) is 1.65. The average molecular weight is 286 g/mol. The van der Waals surface area contributed by atoms with Crippen LogP contribution in [0.15, 0.2) is 11.6 Å². The second kappa shape index (κ2) is 4.30. The van der Waals surface area contributed by atoms with Crippen LogP contribution >= 0.6 is 0 Å². The van der Waals surface area contributed by atoms with Crippen molar-refractivity contribution in [3.8, 4) is 0 Å². The van der Waals surface area contributed by atoms with Crippen molar-refractivity contribution < 1.29 is 9.59 Å². The van der Waals surface area contributed by atoms with Gasteiger partial charge in [0.1, 0.15) is 5.78 Å². The molecule has 114 valence electrons. The van der Waals surface area contributed by atoms with Crippen LogP contribution in [-0.2, 0) is 9.59 Å². The fourth-order valence-electron chi connectivity index (χ4n) is 6.36. The summed E-state index contributed by atoms with van der Waals surface area (Å²) in [6.45, 7) is 4.52. The summed E-state index contributed by atoms with van der Waals surface area (Å²) in [6.07, 6.45) is 10.4. The van der Waals surface area contributed by atoms with E-state index in [1.165, 1.54) is 12.8 Å². The first-order valence-corrected chi connectivity index (χ1v) is 8.74. The smallest absolute Gasteiger partial charge is 0.159 e. The van der Waals surface area contributed by atoms with Gasteiger partial charge < -0.3 is 0 Å². The summed E-state index contributed by atoms with van der Waals surface area (Å²) < 4.78 is 0. The molecule has 0 bridgehead atoms.